The van der Waals surface area contributed by atoms with E-state index in [-0.39, 0.29) is 28.3 Å². The molecule has 1 atom stereocenters. The van der Waals surface area contributed by atoms with Crippen LogP contribution >= 0.6 is 0 Å². The van der Waals surface area contributed by atoms with Crippen molar-refractivity contribution in [2.24, 2.45) is 0 Å². The van der Waals surface area contributed by atoms with Crippen LogP contribution in [0.2, 0.25) is 0 Å². The Morgan fingerprint density at radius 1 is 1.25 bits per heavy atom. The van der Waals surface area contributed by atoms with Crippen LogP contribution in [0.3, 0.4) is 0 Å². The molecule has 0 radical (unpaired) electrons. The number of nitrogens with zero attached hydrogens (tertiary/aromatic N) is 1. The normalized spacial score (nSPS) is 18.0. The average Bonchev–Trinajstić information content (AvgIpc) is 3.10. The van der Waals surface area contributed by atoms with Crippen molar-refractivity contribution in [2.45, 2.75) is 71.3 Å². The first-order chi connectivity index (χ1) is 12.9. The lowest BCUT2D eigenvalue weighted by atomic mass is 9.78. The van der Waals surface area contributed by atoms with Gasteiger partial charge in [0.25, 0.3) is 5.91 Å². The van der Waals surface area contributed by atoms with Crippen molar-refractivity contribution in [3.8, 4) is 11.8 Å². The van der Waals surface area contributed by atoms with Crippen LogP contribution < -0.4 is 5.32 Å². The van der Waals surface area contributed by atoms with E-state index in [2.05, 4.69) is 5.32 Å². The summed E-state index contributed by atoms with van der Waals surface area (Å²) >= 11 is 0. The van der Waals surface area contributed by atoms with Gasteiger partial charge in [-0.25, -0.2) is 0 Å². The van der Waals surface area contributed by atoms with Crippen molar-refractivity contribution in [1.29, 1.82) is 5.26 Å². The summed E-state index contributed by atoms with van der Waals surface area (Å²) in [5, 5.41) is 23.1. The van der Waals surface area contributed by atoms with Crippen LogP contribution in [0.25, 0.3) is 6.08 Å². The number of aromatic hydroxyl groups is 1. The van der Waals surface area contributed by atoms with E-state index in [1.807, 2.05) is 59.7 Å². The number of nitrogens with one attached hydrogen (secondary N) is 1. The molecule has 1 aromatic carbocycles. The fraction of sp³-hybridized carbons (Fsp3) is 0.565. The molecule has 28 heavy (non-hydrogen) atoms. The molecule has 2 N–H and O–H groups in total. The van der Waals surface area contributed by atoms with Gasteiger partial charge in [-0.05, 0) is 47.4 Å². The van der Waals surface area contributed by atoms with Gasteiger partial charge in [0.1, 0.15) is 17.4 Å². The summed E-state index contributed by atoms with van der Waals surface area (Å²) in [4.78, 5) is 12.5. The number of phenolic OH excluding ortho intramolecular Hbond substituents is 1. The minimum absolute atomic E-state index is 0.0255. The maximum Gasteiger partial charge on any atom is 0.262 e. The summed E-state index contributed by atoms with van der Waals surface area (Å²) in [5.74, 6) is -0.126. The molecule has 1 saturated heterocycles. The van der Waals surface area contributed by atoms with E-state index in [9.17, 15) is 15.2 Å². The molecule has 0 unspecified atom stereocenters. The SMILES string of the molecule is CC(C)(C)c1cc(/C=C(\C#N)C(=O)NC[C@@H]2CCCO2)cc(C(C)(C)C)c1O. The highest BCUT2D eigenvalue weighted by Crippen LogP contribution is 2.40. The van der Waals surface area contributed by atoms with Crippen molar-refractivity contribution in [3.63, 3.8) is 0 Å². The third-order valence-corrected chi connectivity index (χ3v) is 4.94. The second-order valence-corrected chi connectivity index (χ2v) is 9.48. The number of hydrogen-bond donors (Lipinski definition) is 2. The second kappa shape index (κ2) is 8.36. The molecule has 0 saturated carbocycles. The Kier molecular flexibility index (Phi) is 6.56. The Morgan fingerprint density at radius 3 is 2.25 bits per heavy atom. The Labute approximate surface area is 168 Å². The zero-order valence-corrected chi connectivity index (χ0v) is 17.8. The van der Waals surface area contributed by atoms with Crippen molar-refractivity contribution >= 4 is 12.0 Å². The zero-order valence-electron chi connectivity index (χ0n) is 17.8. The highest BCUT2D eigenvalue weighted by molar-refractivity contribution is 6.01. The first-order valence-electron chi connectivity index (χ1n) is 9.83. The molecule has 2 rings (SSSR count). The summed E-state index contributed by atoms with van der Waals surface area (Å²) in [5.41, 5.74) is 1.82. The molecule has 1 aromatic rings. The minimum atomic E-state index is -0.402. The fourth-order valence-corrected chi connectivity index (χ4v) is 3.31. The summed E-state index contributed by atoms with van der Waals surface area (Å²) in [6, 6.07) is 5.72. The lowest BCUT2D eigenvalue weighted by Crippen LogP contribution is -2.32. The molecular weight excluding hydrogens is 352 g/mol. The van der Waals surface area contributed by atoms with E-state index in [4.69, 9.17) is 4.74 Å². The smallest absolute Gasteiger partial charge is 0.262 e. The molecule has 1 aliphatic heterocycles. The molecule has 1 heterocycles. The summed E-state index contributed by atoms with van der Waals surface area (Å²) < 4.78 is 5.51. The van der Waals surface area contributed by atoms with Crippen molar-refractivity contribution in [3.05, 3.63) is 34.4 Å². The lowest BCUT2D eigenvalue weighted by molar-refractivity contribution is -0.117. The molecule has 152 valence electrons. The van der Waals surface area contributed by atoms with Gasteiger partial charge in [0, 0.05) is 24.3 Å². The van der Waals surface area contributed by atoms with E-state index >= 15 is 0 Å². The Morgan fingerprint density at radius 2 is 1.82 bits per heavy atom. The first kappa shape index (κ1) is 22.0. The van der Waals surface area contributed by atoms with Gasteiger partial charge in [-0.1, -0.05) is 41.5 Å². The van der Waals surface area contributed by atoms with Gasteiger partial charge in [0.15, 0.2) is 0 Å². The number of benzene rings is 1. The van der Waals surface area contributed by atoms with Gasteiger partial charge in [-0.15, -0.1) is 0 Å². The number of amides is 1. The van der Waals surface area contributed by atoms with Crippen LogP contribution in [0.15, 0.2) is 17.7 Å². The molecule has 1 amide bonds. The maximum atomic E-state index is 12.5. The first-order valence-corrected chi connectivity index (χ1v) is 9.83. The number of nitriles is 1. The maximum absolute atomic E-state index is 12.5. The molecule has 1 fully saturated rings. The highest BCUT2D eigenvalue weighted by atomic mass is 16.5. The molecular formula is C23H32N2O3. The number of hydrogen-bond acceptors (Lipinski definition) is 4. The van der Waals surface area contributed by atoms with Crippen LogP contribution in [-0.4, -0.2) is 30.3 Å². The molecule has 0 spiro atoms. The van der Waals surface area contributed by atoms with Crippen LogP contribution in [0.1, 0.15) is 71.1 Å². The van der Waals surface area contributed by atoms with Gasteiger partial charge in [0.2, 0.25) is 0 Å². The van der Waals surface area contributed by atoms with E-state index in [1.165, 1.54) is 0 Å². The van der Waals surface area contributed by atoms with Gasteiger partial charge in [-0.2, -0.15) is 5.26 Å². The van der Waals surface area contributed by atoms with E-state index in [1.54, 1.807) is 6.08 Å². The van der Waals surface area contributed by atoms with E-state index in [0.717, 1.165) is 36.1 Å². The van der Waals surface area contributed by atoms with Gasteiger partial charge in [0.05, 0.1) is 6.10 Å². The number of phenols is 1. The number of ether oxygens (including phenoxy) is 1. The van der Waals surface area contributed by atoms with Crippen LogP contribution in [-0.2, 0) is 20.4 Å². The van der Waals surface area contributed by atoms with Crippen LogP contribution in [0.4, 0.5) is 0 Å². The summed E-state index contributed by atoms with van der Waals surface area (Å²) in [6.45, 7) is 13.3. The lowest BCUT2D eigenvalue weighted by Gasteiger charge is -2.28. The molecule has 5 heteroatoms. The third kappa shape index (κ3) is 5.36. The predicted octanol–water partition coefficient (Wildman–Crippen LogP) is 4.19. The molecule has 5 nitrogen and oxygen atoms in total. The number of carbonyl (C=O) groups is 1. The minimum Gasteiger partial charge on any atom is -0.507 e. The van der Waals surface area contributed by atoms with E-state index in [0.29, 0.717) is 6.54 Å². The fourth-order valence-electron chi connectivity index (χ4n) is 3.31. The number of rotatable bonds is 4. The van der Waals surface area contributed by atoms with Crippen LogP contribution in [0.5, 0.6) is 5.75 Å². The Hall–Kier alpha value is -2.32. The second-order valence-electron chi connectivity index (χ2n) is 9.48. The number of carbonyl (C=O) groups excluding carboxylic acids is 1. The van der Waals surface area contributed by atoms with Gasteiger partial charge >= 0.3 is 0 Å². The van der Waals surface area contributed by atoms with E-state index < -0.39 is 5.91 Å². The highest BCUT2D eigenvalue weighted by Gasteiger charge is 2.26. The molecule has 0 aliphatic carbocycles. The Bertz CT molecular complexity index is 764. The zero-order chi connectivity index (χ0) is 21.1. The van der Waals surface area contributed by atoms with Crippen molar-refractivity contribution in [1.82, 2.24) is 5.32 Å². The molecule has 0 bridgehead atoms. The van der Waals surface area contributed by atoms with Crippen molar-refractivity contribution < 1.29 is 14.6 Å². The average molecular weight is 385 g/mol. The monoisotopic (exact) mass is 384 g/mol. The van der Waals surface area contributed by atoms with Crippen molar-refractivity contribution in [2.75, 3.05) is 13.2 Å². The summed E-state index contributed by atoms with van der Waals surface area (Å²) in [7, 11) is 0. The molecule has 0 aromatic heterocycles. The molecule has 1 aliphatic rings. The van der Waals surface area contributed by atoms with Gasteiger partial charge < -0.3 is 15.2 Å². The third-order valence-electron chi connectivity index (χ3n) is 4.94. The van der Waals surface area contributed by atoms with Crippen LogP contribution in [0, 0.1) is 11.3 Å². The summed E-state index contributed by atoms with van der Waals surface area (Å²) in [6.07, 6.45) is 3.54. The quantitative estimate of drug-likeness (QED) is 0.602. The standard InChI is InChI=1S/C23H32N2O3/c1-22(2,3)18-11-15(12-19(20(18)26)23(4,5)6)10-16(13-24)21(27)25-14-17-8-7-9-28-17/h10-12,17,26H,7-9,14H2,1-6H3,(H,25,27)/b16-10+/t17-/m0/s1. The Balaban J connectivity index is 2.38. The van der Waals surface area contributed by atoms with Gasteiger partial charge in [-0.3, -0.25) is 4.79 Å². The predicted molar refractivity (Wildman–Crippen MR) is 111 cm³/mol. The largest absolute Gasteiger partial charge is 0.507 e. The topological polar surface area (TPSA) is 82.4 Å².